The topological polar surface area (TPSA) is 71.2 Å². The molecule has 0 radical (unpaired) electrons. The average molecular weight is 304 g/mol. The van der Waals surface area contributed by atoms with Crippen molar-refractivity contribution in [3.63, 3.8) is 0 Å². The lowest BCUT2D eigenvalue weighted by molar-refractivity contribution is -0.133. The molecule has 1 N–H and O–H groups in total. The van der Waals surface area contributed by atoms with Crippen molar-refractivity contribution in [1.82, 2.24) is 14.8 Å². The number of carbonyl (C=O) groups is 1. The predicted octanol–water partition coefficient (Wildman–Crippen LogP) is 2.04. The van der Waals surface area contributed by atoms with Crippen LogP contribution in [0.3, 0.4) is 0 Å². The number of anilines is 1. The molecule has 0 bridgehead atoms. The molecule has 0 spiro atoms. The van der Waals surface area contributed by atoms with Gasteiger partial charge in [0.2, 0.25) is 5.95 Å². The zero-order chi connectivity index (χ0) is 14.8. The van der Waals surface area contributed by atoms with Gasteiger partial charge in [0.05, 0.1) is 11.4 Å². The summed E-state index contributed by atoms with van der Waals surface area (Å²) in [5, 5.41) is 17.9. The molecule has 110 valence electrons. The molecule has 7 heteroatoms. The number of carboxylic acid groups (broad SMARTS) is 1. The predicted molar refractivity (Wildman–Crippen MR) is 81.1 cm³/mol. The van der Waals surface area contributed by atoms with Crippen molar-refractivity contribution >= 4 is 23.7 Å². The molecule has 0 atom stereocenters. The maximum absolute atomic E-state index is 10.8. The van der Waals surface area contributed by atoms with Crippen molar-refractivity contribution in [3.8, 4) is 5.69 Å². The van der Waals surface area contributed by atoms with Crippen molar-refractivity contribution in [2.75, 3.05) is 17.7 Å². The molecule has 1 fully saturated rings. The maximum atomic E-state index is 10.8. The lowest BCUT2D eigenvalue weighted by atomic mass is 10.3. The van der Waals surface area contributed by atoms with Crippen LogP contribution in [0.25, 0.3) is 5.69 Å². The summed E-state index contributed by atoms with van der Waals surface area (Å²) in [5.74, 6) is -0.130. The third-order valence-corrected chi connectivity index (χ3v) is 4.28. The molecule has 0 aliphatic heterocycles. The number of benzene rings is 1. The Morgan fingerprint density at radius 3 is 2.71 bits per heavy atom. The average Bonchev–Trinajstić information content (AvgIpc) is 3.25. The first kappa shape index (κ1) is 13.9. The smallest absolute Gasteiger partial charge is 0.313 e. The third kappa shape index (κ3) is 3.02. The summed E-state index contributed by atoms with van der Waals surface area (Å²) in [7, 11) is 2.01. The third-order valence-electron chi connectivity index (χ3n) is 3.37. The molecule has 0 unspecified atom stereocenters. The van der Waals surface area contributed by atoms with Crippen LogP contribution in [0.4, 0.5) is 5.95 Å². The zero-order valence-corrected chi connectivity index (χ0v) is 12.5. The summed E-state index contributed by atoms with van der Waals surface area (Å²) in [6.07, 6.45) is 2.32. The monoisotopic (exact) mass is 304 g/mol. The second-order valence-electron chi connectivity index (χ2n) is 4.98. The number of nitrogens with zero attached hydrogens (tertiary/aromatic N) is 4. The quantitative estimate of drug-likeness (QED) is 0.824. The van der Waals surface area contributed by atoms with E-state index in [9.17, 15) is 4.79 Å². The largest absolute Gasteiger partial charge is 0.481 e. The summed E-state index contributed by atoms with van der Waals surface area (Å²) < 4.78 is 1.92. The number of hydrogen-bond acceptors (Lipinski definition) is 5. The van der Waals surface area contributed by atoms with Gasteiger partial charge in [-0.25, -0.2) is 0 Å². The number of hydrogen-bond donors (Lipinski definition) is 1. The SMILES string of the molecule is CN(c1nnc(SCC(=O)O)n1-c1ccccc1)C1CC1. The fourth-order valence-corrected chi connectivity index (χ4v) is 2.81. The second kappa shape index (κ2) is 5.77. The number of rotatable bonds is 6. The van der Waals surface area contributed by atoms with Crippen LogP contribution in [0.2, 0.25) is 0 Å². The second-order valence-corrected chi connectivity index (χ2v) is 5.92. The molecule has 1 heterocycles. The number of aromatic nitrogens is 3. The van der Waals surface area contributed by atoms with Crippen molar-refractivity contribution in [1.29, 1.82) is 0 Å². The van der Waals surface area contributed by atoms with Crippen LogP contribution in [-0.4, -0.2) is 44.7 Å². The van der Waals surface area contributed by atoms with Crippen LogP contribution in [0, 0.1) is 0 Å². The van der Waals surface area contributed by atoms with Crippen LogP contribution < -0.4 is 4.90 Å². The number of para-hydroxylation sites is 1. The molecular formula is C14H16N4O2S. The van der Waals surface area contributed by atoms with Gasteiger partial charge in [-0.15, -0.1) is 10.2 Å². The maximum Gasteiger partial charge on any atom is 0.313 e. The van der Waals surface area contributed by atoms with Crippen molar-refractivity contribution < 1.29 is 9.90 Å². The first-order valence-corrected chi connectivity index (χ1v) is 7.73. The Morgan fingerprint density at radius 1 is 1.38 bits per heavy atom. The Morgan fingerprint density at radius 2 is 2.10 bits per heavy atom. The number of aliphatic carboxylic acids is 1. The summed E-state index contributed by atoms with van der Waals surface area (Å²) in [6, 6.07) is 10.3. The van der Waals surface area contributed by atoms with Gasteiger partial charge in [-0.05, 0) is 25.0 Å². The van der Waals surface area contributed by atoms with Crippen molar-refractivity contribution in [3.05, 3.63) is 30.3 Å². The molecule has 3 rings (SSSR count). The van der Waals surface area contributed by atoms with Gasteiger partial charge in [0.1, 0.15) is 0 Å². The van der Waals surface area contributed by atoms with Crippen LogP contribution in [0.15, 0.2) is 35.5 Å². The highest BCUT2D eigenvalue weighted by Gasteiger charge is 2.30. The minimum Gasteiger partial charge on any atom is -0.481 e. The van der Waals surface area contributed by atoms with E-state index in [1.165, 1.54) is 11.8 Å². The summed E-state index contributed by atoms with van der Waals surface area (Å²) in [4.78, 5) is 12.9. The first-order chi connectivity index (χ1) is 10.2. The van der Waals surface area contributed by atoms with Gasteiger partial charge in [0, 0.05) is 13.1 Å². The molecule has 1 saturated carbocycles. The van der Waals surface area contributed by atoms with E-state index in [4.69, 9.17) is 5.11 Å². The highest BCUT2D eigenvalue weighted by Crippen LogP contribution is 2.32. The minimum atomic E-state index is -0.861. The van der Waals surface area contributed by atoms with Gasteiger partial charge >= 0.3 is 5.97 Å². The van der Waals surface area contributed by atoms with E-state index in [1.807, 2.05) is 41.9 Å². The van der Waals surface area contributed by atoms with Gasteiger partial charge in [-0.1, -0.05) is 30.0 Å². The lowest BCUT2D eigenvalue weighted by Gasteiger charge is -2.19. The molecule has 1 aromatic carbocycles. The Hall–Kier alpha value is -2.02. The van der Waals surface area contributed by atoms with Crippen LogP contribution in [0.1, 0.15) is 12.8 Å². The molecule has 6 nitrogen and oxygen atoms in total. The summed E-state index contributed by atoms with van der Waals surface area (Å²) >= 11 is 1.18. The van der Waals surface area contributed by atoms with E-state index in [-0.39, 0.29) is 5.75 Å². The fourth-order valence-electron chi connectivity index (χ4n) is 2.14. The van der Waals surface area contributed by atoms with Gasteiger partial charge in [-0.2, -0.15) is 0 Å². The molecule has 21 heavy (non-hydrogen) atoms. The minimum absolute atomic E-state index is 0.0297. The van der Waals surface area contributed by atoms with Crippen LogP contribution in [0.5, 0.6) is 0 Å². The fraction of sp³-hybridized carbons (Fsp3) is 0.357. The Balaban J connectivity index is 1.98. The zero-order valence-electron chi connectivity index (χ0n) is 11.6. The van der Waals surface area contributed by atoms with E-state index >= 15 is 0 Å². The standard InChI is InChI=1S/C14H16N4O2S/c1-17(10-7-8-10)13-15-16-14(21-9-12(19)20)18(13)11-5-3-2-4-6-11/h2-6,10H,7-9H2,1H3,(H,19,20). The molecule has 0 amide bonds. The summed E-state index contributed by atoms with van der Waals surface area (Å²) in [6.45, 7) is 0. The molecule has 2 aromatic rings. The Bertz CT molecular complexity index is 640. The van der Waals surface area contributed by atoms with Crippen LogP contribution >= 0.6 is 11.8 Å². The number of thioether (sulfide) groups is 1. The van der Waals surface area contributed by atoms with Crippen molar-refractivity contribution in [2.45, 2.75) is 24.0 Å². The highest BCUT2D eigenvalue weighted by atomic mass is 32.2. The van der Waals surface area contributed by atoms with Gasteiger partial charge in [-0.3, -0.25) is 9.36 Å². The van der Waals surface area contributed by atoms with Gasteiger partial charge < -0.3 is 10.0 Å². The Labute approximate surface area is 126 Å². The Kier molecular flexibility index (Phi) is 3.83. The molecule has 1 aliphatic rings. The van der Waals surface area contributed by atoms with E-state index in [0.29, 0.717) is 11.2 Å². The normalized spacial score (nSPS) is 14.1. The van der Waals surface area contributed by atoms with Crippen LogP contribution in [-0.2, 0) is 4.79 Å². The van der Waals surface area contributed by atoms with E-state index in [1.54, 1.807) is 0 Å². The van der Waals surface area contributed by atoms with E-state index in [2.05, 4.69) is 15.1 Å². The van der Waals surface area contributed by atoms with Gasteiger partial charge in [0.15, 0.2) is 5.16 Å². The van der Waals surface area contributed by atoms with E-state index < -0.39 is 5.97 Å². The lowest BCUT2D eigenvalue weighted by Crippen LogP contribution is -2.23. The number of carboxylic acids is 1. The first-order valence-electron chi connectivity index (χ1n) is 6.75. The molecule has 0 saturated heterocycles. The van der Waals surface area contributed by atoms with Crippen molar-refractivity contribution in [2.24, 2.45) is 0 Å². The van der Waals surface area contributed by atoms with Gasteiger partial charge in [0.25, 0.3) is 0 Å². The molecular weight excluding hydrogens is 288 g/mol. The summed E-state index contributed by atoms with van der Waals surface area (Å²) in [5.41, 5.74) is 0.942. The molecule has 1 aromatic heterocycles. The highest BCUT2D eigenvalue weighted by molar-refractivity contribution is 7.99. The van der Waals surface area contributed by atoms with E-state index in [0.717, 1.165) is 24.5 Å². The molecule has 1 aliphatic carbocycles.